The average molecular weight is 858 g/mol. The first-order valence-electron chi connectivity index (χ1n) is 21.2. The van der Waals surface area contributed by atoms with E-state index in [-0.39, 0.29) is 117 Å². The molecule has 0 saturated carbocycles. The first kappa shape index (κ1) is 50.5. The predicted molar refractivity (Wildman–Crippen MR) is 235 cm³/mol. The summed E-state index contributed by atoms with van der Waals surface area (Å²) in [6, 6.07) is 12.8. The molecule has 3 amide bonds. The van der Waals surface area contributed by atoms with Crippen LogP contribution in [0.2, 0.25) is 0 Å². The number of ketones is 5. The van der Waals surface area contributed by atoms with Crippen molar-refractivity contribution in [3.63, 3.8) is 0 Å². The van der Waals surface area contributed by atoms with Gasteiger partial charge in [-0.25, -0.2) is 4.79 Å². The highest BCUT2D eigenvalue weighted by Gasteiger charge is 2.31. The highest BCUT2D eigenvalue weighted by atomic mass is 31.1. The zero-order chi connectivity index (χ0) is 45.2. The molecular weight excluding hydrogens is 796 g/mol. The van der Waals surface area contributed by atoms with Gasteiger partial charge in [0.05, 0.1) is 18.1 Å². The Labute approximate surface area is 362 Å². The number of rotatable bonds is 28. The maximum atomic E-state index is 13.6. The minimum Gasteiger partial charge on any atom is -0.449 e. The summed E-state index contributed by atoms with van der Waals surface area (Å²) in [5, 5.41) is 8.01. The van der Waals surface area contributed by atoms with Gasteiger partial charge in [0.2, 0.25) is 11.8 Å². The van der Waals surface area contributed by atoms with E-state index in [1.165, 1.54) is 6.92 Å². The van der Waals surface area contributed by atoms with Gasteiger partial charge in [0.1, 0.15) is 31.3 Å². The molecular formula is C46H61BN3O10P. The third-order valence-electron chi connectivity index (χ3n) is 10.5. The minimum absolute atomic E-state index is 0.00430. The number of carbonyl (C=O) groups is 9. The monoisotopic (exact) mass is 857 g/mol. The number of Topliss-reactive ketones (excluding diaryl/α,β-unsaturated/α-hetero) is 5. The van der Waals surface area contributed by atoms with Crippen LogP contribution in [0.25, 0.3) is 11.1 Å². The Bertz CT molecular complexity index is 1870. The van der Waals surface area contributed by atoms with Gasteiger partial charge >= 0.3 is 6.09 Å². The molecule has 1 aliphatic carbocycles. The topological polar surface area (TPSA) is 199 Å². The quantitative estimate of drug-likeness (QED) is 0.0632. The largest absolute Gasteiger partial charge is 0.449 e. The van der Waals surface area contributed by atoms with Gasteiger partial charge in [-0.3, -0.25) is 33.6 Å². The maximum Gasteiger partial charge on any atom is 0.407 e. The van der Waals surface area contributed by atoms with E-state index in [1.54, 1.807) is 6.66 Å². The normalized spacial score (nSPS) is 13.9. The number of hydrogen-bond acceptors (Lipinski definition) is 10. The second-order valence-electron chi connectivity index (χ2n) is 16.7. The van der Waals surface area contributed by atoms with Crippen molar-refractivity contribution in [2.45, 2.75) is 136 Å². The SMILES string of the molecule is [B]P(C)C(=O)CCC(=O)C(CC(C)C)NC(=O)CCC(=O)CCC(NC(=O)OCC1c2ccccc2-c2ccccc21)C(=O)CCC(=O)NC(CC(C)C)C(=O)CCC(C)=O. The van der Waals surface area contributed by atoms with Crippen LogP contribution in [-0.4, -0.2) is 91.3 Å². The van der Waals surface area contributed by atoms with E-state index in [9.17, 15) is 43.2 Å². The van der Waals surface area contributed by atoms with E-state index < -0.39 is 49.6 Å². The number of carbonyl (C=O) groups excluding carboxylic acids is 9. The lowest BCUT2D eigenvalue weighted by atomic mass is 9.96. The molecule has 328 valence electrons. The Morgan fingerprint density at radius 2 is 1.07 bits per heavy atom. The van der Waals surface area contributed by atoms with Crippen LogP contribution >= 0.6 is 7.80 Å². The number of amides is 3. The van der Waals surface area contributed by atoms with Gasteiger partial charge in [-0.2, -0.15) is 0 Å². The number of fused-ring (bicyclic) bond motifs is 3. The molecule has 0 bridgehead atoms. The van der Waals surface area contributed by atoms with Crippen LogP contribution in [0.1, 0.15) is 129 Å². The standard InChI is InChI=1S/C46H61BN3O10P/c1-28(2)25-38(41(54)19-15-30(5)51)49-44(57)23-20-40(53)37(50-46(59)60-27-36-34-13-9-7-11-32(34)33-12-8-10-14-35(33)36)18-16-31(52)17-22-43(56)48-39(26-29(3)4)42(55)21-24-45(58)61(6)47/h7-14,28-29,36-39H,15-27H2,1-6H3,(H,48,56)(H,49,57)(H,50,59). The summed E-state index contributed by atoms with van der Waals surface area (Å²) in [5.74, 6) is -2.77. The Hall–Kier alpha value is -4.84. The number of benzene rings is 2. The van der Waals surface area contributed by atoms with Crippen LogP contribution < -0.4 is 16.0 Å². The number of alkyl carbamates (subject to hydrolysis) is 1. The first-order valence-corrected chi connectivity index (χ1v) is 23.0. The summed E-state index contributed by atoms with van der Waals surface area (Å²) in [6.07, 6.45) is -1.50. The molecule has 1 aliphatic rings. The Morgan fingerprint density at radius 3 is 1.56 bits per heavy atom. The summed E-state index contributed by atoms with van der Waals surface area (Å²) < 4.78 is 5.68. The van der Waals surface area contributed by atoms with Crippen molar-refractivity contribution in [3.05, 3.63) is 59.7 Å². The Balaban J connectivity index is 1.65. The number of hydrogen-bond donors (Lipinski definition) is 3. The molecule has 0 aliphatic heterocycles. The van der Waals surface area contributed by atoms with Crippen molar-refractivity contribution in [1.29, 1.82) is 0 Å². The van der Waals surface area contributed by atoms with Crippen molar-refractivity contribution in [2.75, 3.05) is 13.3 Å². The third-order valence-corrected chi connectivity index (χ3v) is 11.5. The van der Waals surface area contributed by atoms with Crippen LogP contribution in [0.4, 0.5) is 4.79 Å². The lowest BCUT2D eigenvalue weighted by Gasteiger charge is -2.21. The minimum atomic E-state index is -1.32. The van der Waals surface area contributed by atoms with E-state index in [2.05, 4.69) is 16.0 Å². The van der Waals surface area contributed by atoms with Gasteiger partial charge in [-0.05, 0) is 66.9 Å². The fourth-order valence-corrected chi connectivity index (χ4v) is 7.73. The van der Waals surface area contributed by atoms with Crippen LogP contribution in [0.15, 0.2) is 48.5 Å². The summed E-state index contributed by atoms with van der Waals surface area (Å²) in [6.45, 7) is 10.6. The lowest BCUT2D eigenvalue weighted by molar-refractivity contribution is -0.130. The molecule has 3 rings (SSSR count). The highest BCUT2D eigenvalue weighted by molar-refractivity contribution is 7.94. The van der Waals surface area contributed by atoms with Crippen LogP contribution in [0, 0.1) is 11.8 Å². The molecule has 13 nitrogen and oxygen atoms in total. The number of nitrogens with one attached hydrogen (secondary N) is 3. The van der Waals surface area contributed by atoms with E-state index >= 15 is 0 Å². The molecule has 0 fully saturated rings. The lowest BCUT2D eigenvalue weighted by Crippen LogP contribution is -2.44. The van der Waals surface area contributed by atoms with Gasteiger partial charge in [0.15, 0.2) is 17.3 Å². The molecule has 2 aromatic rings. The predicted octanol–water partition coefficient (Wildman–Crippen LogP) is 6.44. The second-order valence-corrected chi connectivity index (χ2v) is 18.4. The molecule has 0 aromatic heterocycles. The van der Waals surface area contributed by atoms with Crippen LogP contribution in [0.3, 0.4) is 0 Å². The fraction of sp³-hybridized carbons (Fsp3) is 0.543. The van der Waals surface area contributed by atoms with Gasteiger partial charge in [-0.1, -0.05) is 84.0 Å². The average Bonchev–Trinajstić information content (AvgIpc) is 3.53. The molecule has 2 radical (unpaired) electrons. The molecule has 3 N–H and O–H groups in total. The fourth-order valence-electron chi connectivity index (χ4n) is 7.26. The van der Waals surface area contributed by atoms with Gasteiger partial charge in [0.25, 0.3) is 0 Å². The van der Waals surface area contributed by atoms with Crippen LogP contribution in [-0.2, 0) is 43.1 Å². The van der Waals surface area contributed by atoms with E-state index in [4.69, 9.17) is 12.3 Å². The van der Waals surface area contributed by atoms with Crippen LogP contribution in [0.5, 0.6) is 0 Å². The van der Waals surface area contributed by atoms with E-state index in [1.807, 2.05) is 76.2 Å². The summed E-state index contributed by atoms with van der Waals surface area (Å²) in [7, 11) is 4.36. The smallest absolute Gasteiger partial charge is 0.407 e. The molecule has 4 atom stereocenters. The van der Waals surface area contributed by atoms with Crippen molar-refractivity contribution >= 4 is 67.7 Å². The van der Waals surface area contributed by atoms with Crippen molar-refractivity contribution < 1.29 is 47.9 Å². The molecule has 15 heteroatoms. The van der Waals surface area contributed by atoms with Crippen molar-refractivity contribution in [3.8, 4) is 11.1 Å². The van der Waals surface area contributed by atoms with Gasteiger partial charge in [0, 0.05) is 63.7 Å². The molecule has 0 spiro atoms. The van der Waals surface area contributed by atoms with Crippen molar-refractivity contribution in [2.24, 2.45) is 11.8 Å². The van der Waals surface area contributed by atoms with E-state index in [0.29, 0.717) is 12.8 Å². The van der Waals surface area contributed by atoms with Crippen molar-refractivity contribution in [1.82, 2.24) is 16.0 Å². The summed E-state index contributed by atoms with van der Waals surface area (Å²) in [4.78, 5) is 115. The second kappa shape index (κ2) is 25.2. The Kier molecular flexibility index (Phi) is 20.9. The summed E-state index contributed by atoms with van der Waals surface area (Å²) >= 11 is 0. The zero-order valence-corrected chi connectivity index (χ0v) is 37.3. The zero-order valence-electron chi connectivity index (χ0n) is 36.4. The molecule has 61 heavy (non-hydrogen) atoms. The Morgan fingerprint density at radius 1 is 0.607 bits per heavy atom. The molecule has 4 unspecified atom stereocenters. The molecule has 0 heterocycles. The third kappa shape index (κ3) is 17.2. The molecule has 2 aromatic carbocycles. The maximum absolute atomic E-state index is 13.6. The van der Waals surface area contributed by atoms with Gasteiger partial charge in [-0.15, -0.1) is 0 Å². The first-order chi connectivity index (χ1) is 28.9. The highest BCUT2D eigenvalue weighted by Crippen LogP contribution is 2.44. The van der Waals surface area contributed by atoms with Gasteiger partial charge < -0.3 is 25.5 Å². The summed E-state index contributed by atoms with van der Waals surface area (Å²) in [5.41, 5.74) is 3.88. The molecule has 0 saturated heterocycles. The number of ether oxygens (including phenoxy) is 1. The van der Waals surface area contributed by atoms with E-state index in [0.717, 1.165) is 22.3 Å².